The molecule has 3 aromatic rings. The fraction of sp³-hybridized carbons (Fsp3) is 0.0714. The van der Waals surface area contributed by atoms with E-state index in [0.717, 1.165) is 17.0 Å². The molecule has 0 saturated heterocycles. The summed E-state index contributed by atoms with van der Waals surface area (Å²) < 4.78 is 27.9. The van der Waals surface area contributed by atoms with Gasteiger partial charge in [-0.2, -0.15) is 0 Å². The Balaban J connectivity index is 2.30. The Hall–Kier alpha value is -2.23. The number of hydrogen-bond acceptors (Lipinski definition) is 1. The topological polar surface area (TPSA) is 17.3 Å². The first kappa shape index (κ1) is 10.9. The molecule has 0 fully saturated rings. The number of pyridine rings is 1. The Morgan fingerprint density at radius 2 is 1.61 bits per heavy atom. The normalized spacial score (nSPS) is 11.1. The minimum absolute atomic E-state index is 0.295. The van der Waals surface area contributed by atoms with Crippen LogP contribution >= 0.6 is 0 Å². The molecule has 90 valence electrons. The van der Waals surface area contributed by atoms with Crippen molar-refractivity contribution in [3.05, 3.63) is 59.9 Å². The predicted molar refractivity (Wildman–Crippen MR) is 65.3 cm³/mol. The second-order valence-electron chi connectivity index (χ2n) is 4.13. The van der Waals surface area contributed by atoms with Gasteiger partial charge in [0, 0.05) is 11.8 Å². The summed E-state index contributed by atoms with van der Waals surface area (Å²) in [7, 11) is 0. The molecule has 0 aliphatic rings. The highest BCUT2D eigenvalue weighted by atomic mass is 19.1. The highest BCUT2D eigenvalue weighted by Crippen LogP contribution is 2.25. The van der Waals surface area contributed by atoms with E-state index < -0.39 is 0 Å². The number of nitrogens with zero attached hydrogens (tertiary/aromatic N) is 2. The van der Waals surface area contributed by atoms with Crippen LogP contribution in [0.1, 0.15) is 5.69 Å². The molecule has 3 rings (SSSR count). The number of aromatic nitrogens is 2. The average Bonchev–Trinajstić information content (AvgIpc) is 2.66. The number of imidazole rings is 1. The number of rotatable bonds is 1. The van der Waals surface area contributed by atoms with Gasteiger partial charge in [0.05, 0.1) is 11.4 Å². The summed E-state index contributed by atoms with van der Waals surface area (Å²) in [5, 5.41) is 0. The van der Waals surface area contributed by atoms with E-state index >= 15 is 0 Å². The van der Waals surface area contributed by atoms with Crippen LogP contribution in [-0.4, -0.2) is 9.38 Å². The Bertz CT molecular complexity index is 714. The van der Waals surface area contributed by atoms with Crippen LogP contribution in [0, 0.1) is 18.6 Å². The van der Waals surface area contributed by atoms with E-state index in [1.165, 1.54) is 24.4 Å². The lowest BCUT2D eigenvalue weighted by Gasteiger charge is -2.03. The molecular weight excluding hydrogens is 234 g/mol. The molecule has 0 amide bonds. The molecule has 0 spiro atoms. The molecular formula is C14H10F2N2. The van der Waals surface area contributed by atoms with Crippen molar-refractivity contribution in [1.29, 1.82) is 0 Å². The maximum atomic E-state index is 13.3. The lowest BCUT2D eigenvalue weighted by molar-refractivity contribution is 0.619. The zero-order valence-electron chi connectivity index (χ0n) is 9.69. The van der Waals surface area contributed by atoms with Gasteiger partial charge in [0.25, 0.3) is 0 Å². The smallest absolute Gasteiger partial charge is 0.139 e. The molecule has 2 nitrogen and oxygen atoms in total. The van der Waals surface area contributed by atoms with E-state index in [4.69, 9.17) is 0 Å². The van der Waals surface area contributed by atoms with E-state index in [1.54, 1.807) is 22.6 Å². The van der Waals surface area contributed by atoms with E-state index in [1.807, 2.05) is 6.92 Å². The molecule has 4 heteroatoms. The summed E-state index contributed by atoms with van der Waals surface area (Å²) in [4.78, 5) is 4.36. The Morgan fingerprint density at radius 1 is 0.944 bits per heavy atom. The van der Waals surface area contributed by atoms with Crippen LogP contribution in [0.2, 0.25) is 0 Å². The third-order valence-corrected chi connectivity index (χ3v) is 2.87. The van der Waals surface area contributed by atoms with Gasteiger partial charge >= 0.3 is 0 Å². The van der Waals surface area contributed by atoms with Crippen LogP contribution < -0.4 is 0 Å². The van der Waals surface area contributed by atoms with Gasteiger partial charge in [-0.1, -0.05) is 0 Å². The van der Waals surface area contributed by atoms with Crippen molar-refractivity contribution in [2.75, 3.05) is 0 Å². The highest BCUT2D eigenvalue weighted by Gasteiger charge is 2.11. The van der Waals surface area contributed by atoms with Gasteiger partial charge in [-0.25, -0.2) is 13.8 Å². The molecule has 18 heavy (non-hydrogen) atoms. The average molecular weight is 244 g/mol. The molecule has 0 saturated carbocycles. The number of fused-ring (bicyclic) bond motifs is 1. The summed E-state index contributed by atoms with van der Waals surface area (Å²) in [6, 6.07) is 9.08. The second kappa shape index (κ2) is 3.91. The van der Waals surface area contributed by atoms with Crippen LogP contribution in [0.15, 0.2) is 42.6 Å². The van der Waals surface area contributed by atoms with Gasteiger partial charge in [-0.15, -0.1) is 0 Å². The molecule has 0 bridgehead atoms. The van der Waals surface area contributed by atoms with Crippen molar-refractivity contribution < 1.29 is 8.78 Å². The summed E-state index contributed by atoms with van der Waals surface area (Å²) >= 11 is 0. The van der Waals surface area contributed by atoms with Crippen LogP contribution in [0.25, 0.3) is 16.9 Å². The molecule has 0 unspecified atom stereocenters. The minimum atomic E-state index is -0.330. The molecule has 0 N–H and O–H groups in total. The Labute approximate surface area is 103 Å². The van der Waals surface area contributed by atoms with Gasteiger partial charge in [-0.3, -0.25) is 4.40 Å². The third-order valence-electron chi connectivity index (χ3n) is 2.87. The van der Waals surface area contributed by atoms with Crippen LogP contribution in [-0.2, 0) is 0 Å². The molecule has 2 aromatic heterocycles. The SMILES string of the molecule is Cc1nc2ccc(F)cn2c1-c1ccc(F)cc1. The standard InChI is InChI=1S/C14H10F2N2/c1-9-14(10-2-4-11(15)5-3-10)18-8-12(16)6-7-13(18)17-9/h2-8H,1H3. The molecule has 1 aromatic carbocycles. The van der Waals surface area contributed by atoms with E-state index in [2.05, 4.69) is 4.98 Å². The lowest BCUT2D eigenvalue weighted by atomic mass is 10.1. The number of halogens is 2. The maximum absolute atomic E-state index is 13.3. The van der Waals surface area contributed by atoms with Crippen molar-refractivity contribution in [1.82, 2.24) is 9.38 Å². The predicted octanol–water partition coefficient (Wildman–Crippen LogP) is 3.59. The van der Waals surface area contributed by atoms with Crippen LogP contribution in [0.3, 0.4) is 0 Å². The van der Waals surface area contributed by atoms with Gasteiger partial charge in [0.15, 0.2) is 0 Å². The summed E-state index contributed by atoms with van der Waals surface area (Å²) in [6.07, 6.45) is 1.38. The number of aryl methyl sites for hydroxylation is 1. The Morgan fingerprint density at radius 3 is 2.33 bits per heavy atom. The van der Waals surface area contributed by atoms with Gasteiger partial charge in [0.2, 0.25) is 0 Å². The first-order valence-electron chi connectivity index (χ1n) is 5.55. The van der Waals surface area contributed by atoms with Crippen molar-refractivity contribution in [3.8, 4) is 11.3 Å². The van der Waals surface area contributed by atoms with Crippen LogP contribution in [0.5, 0.6) is 0 Å². The molecule has 0 atom stereocenters. The summed E-state index contributed by atoms with van der Waals surface area (Å²) in [5.74, 6) is -0.625. The molecule has 0 aliphatic carbocycles. The zero-order chi connectivity index (χ0) is 12.7. The van der Waals surface area contributed by atoms with Crippen LogP contribution in [0.4, 0.5) is 8.78 Å². The third kappa shape index (κ3) is 1.66. The monoisotopic (exact) mass is 244 g/mol. The molecule has 2 heterocycles. The van der Waals surface area contributed by atoms with Crippen molar-refractivity contribution in [2.24, 2.45) is 0 Å². The second-order valence-corrected chi connectivity index (χ2v) is 4.13. The van der Waals surface area contributed by atoms with Gasteiger partial charge in [-0.05, 0) is 43.3 Å². The fourth-order valence-corrected chi connectivity index (χ4v) is 2.09. The van der Waals surface area contributed by atoms with E-state index in [9.17, 15) is 8.78 Å². The quantitative estimate of drug-likeness (QED) is 0.639. The maximum Gasteiger partial charge on any atom is 0.139 e. The largest absolute Gasteiger partial charge is 0.296 e. The van der Waals surface area contributed by atoms with Crippen molar-refractivity contribution >= 4 is 5.65 Å². The Kier molecular flexibility index (Phi) is 2.37. The summed E-state index contributed by atoms with van der Waals surface area (Å²) in [6.45, 7) is 1.85. The molecule has 0 radical (unpaired) electrons. The van der Waals surface area contributed by atoms with Gasteiger partial charge < -0.3 is 0 Å². The minimum Gasteiger partial charge on any atom is -0.296 e. The van der Waals surface area contributed by atoms with Gasteiger partial charge in [0.1, 0.15) is 17.3 Å². The fourth-order valence-electron chi connectivity index (χ4n) is 2.09. The lowest BCUT2D eigenvalue weighted by Crippen LogP contribution is -1.91. The number of hydrogen-bond donors (Lipinski definition) is 0. The summed E-state index contributed by atoms with van der Waals surface area (Å²) in [5.41, 5.74) is 3.05. The van der Waals surface area contributed by atoms with Crippen molar-refractivity contribution in [2.45, 2.75) is 6.92 Å². The van der Waals surface area contributed by atoms with E-state index in [-0.39, 0.29) is 11.6 Å². The van der Waals surface area contributed by atoms with Crippen molar-refractivity contribution in [3.63, 3.8) is 0 Å². The first-order chi connectivity index (χ1) is 8.65. The highest BCUT2D eigenvalue weighted by molar-refractivity contribution is 5.67. The molecule has 0 aliphatic heterocycles. The number of benzene rings is 1. The first-order valence-corrected chi connectivity index (χ1v) is 5.55. The zero-order valence-corrected chi connectivity index (χ0v) is 9.69. The van der Waals surface area contributed by atoms with E-state index in [0.29, 0.717) is 5.65 Å².